The number of nitrogens with one attached hydrogen (secondary N) is 2. The fourth-order valence-corrected chi connectivity index (χ4v) is 2.83. The molecule has 2 fully saturated rings. The number of amides is 1. The third-order valence-corrected chi connectivity index (χ3v) is 4.44. The molecule has 1 aliphatic carbocycles. The molecule has 0 atom stereocenters. The lowest BCUT2D eigenvalue weighted by atomic mass is 9.74. The Morgan fingerprint density at radius 3 is 2.40 bits per heavy atom. The number of rotatable bonds is 6. The van der Waals surface area contributed by atoms with Gasteiger partial charge in [-0.3, -0.25) is 9.59 Å². The Morgan fingerprint density at radius 1 is 1.25 bits per heavy atom. The van der Waals surface area contributed by atoms with E-state index in [4.69, 9.17) is 4.74 Å². The average Bonchev–Trinajstić information content (AvgIpc) is 2.41. The van der Waals surface area contributed by atoms with Gasteiger partial charge in [-0.1, -0.05) is 19.3 Å². The van der Waals surface area contributed by atoms with Crippen LogP contribution in [0, 0.1) is 5.41 Å². The Labute approximate surface area is 119 Å². The summed E-state index contributed by atoms with van der Waals surface area (Å²) >= 11 is 0. The third kappa shape index (κ3) is 3.49. The van der Waals surface area contributed by atoms with Crippen LogP contribution >= 0.6 is 0 Å². The van der Waals surface area contributed by atoms with E-state index in [0.717, 1.165) is 32.4 Å². The molecule has 0 aromatic rings. The normalized spacial score (nSPS) is 23.6. The van der Waals surface area contributed by atoms with E-state index in [2.05, 4.69) is 10.6 Å². The van der Waals surface area contributed by atoms with Gasteiger partial charge in [0, 0.05) is 19.6 Å². The molecule has 1 heterocycles. The summed E-state index contributed by atoms with van der Waals surface area (Å²) in [6.07, 6.45) is 4.21. The second-order valence-electron chi connectivity index (χ2n) is 6.27. The molecule has 1 saturated heterocycles. The van der Waals surface area contributed by atoms with E-state index in [-0.39, 0.29) is 24.7 Å². The van der Waals surface area contributed by atoms with Crippen molar-refractivity contribution in [2.45, 2.75) is 44.6 Å². The molecule has 0 spiro atoms. The first kappa shape index (κ1) is 15.3. The van der Waals surface area contributed by atoms with E-state index in [9.17, 15) is 14.7 Å². The predicted molar refractivity (Wildman–Crippen MR) is 73.4 cm³/mol. The number of carboxylic acids is 1. The predicted octanol–water partition coefficient (Wildman–Crippen LogP) is 0.516. The zero-order chi connectivity index (χ0) is 14.6. The van der Waals surface area contributed by atoms with Crippen molar-refractivity contribution in [1.29, 1.82) is 0 Å². The van der Waals surface area contributed by atoms with E-state index in [0.29, 0.717) is 12.8 Å². The molecular formula is C14H24N2O4. The van der Waals surface area contributed by atoms with E-state index in [1.54, 1.807) is 0 Å². The third-order valence-electron chi connectivity index (χ3n) is 4.44. The van der Waals surface area contributed by atoms with Gasteiger partial charge in [-0.15, -0.1) is 0 Å². The van der Waals surface area contributed by atoms with Crippen LogP contribution in [0.25, 0.3) is 0 Å². The van der Waals surface area contributed by atoms with E-state index >= 15 is 0 Å². The Balaban J connectivity index is 1.77. The monoisotopic (exact) mass is 284 g/mol. The topological polar surface area (TPSA) is 87.7 Å². The highest BCUT2D eigenvalue weighted by atomic mass is 16.5. The van der Waals surface area contributed by atoms with Gasteiger partial charge in [0.15, 0.2) is 0 Å². The van der Waals surface area contributed by atoms with Crippen LogP contribution in [0.15, 0.2) is 0 Å². The molecule has 0 aromatic heterocycles. The fourth-order valence-electron chi connectivity index (χ4n) is 2.83. The Morgan fingerprint density at radius 2 is 1.90 bits per heavy atom. The van der Waals surface area contributed by atoms with Crippen LogP contribution in [0.3, 0.4) is 0 Å². The summed E-state index contributed by atoms with van der Waals surface area (Å²) in [6.45, 7) is 3.66. The van der Waals surface area contributed by atoms with Crippen LogP contribution < -0.4 is 10.6 Å². The zero-order valence-electron chi connectivity index (χ0n) is 12.0. The molecule has 1 saturated carbocycles. The van der Waals surface area contributed by atoms with Crippen molar-refractivity contribution in [3.05, 3.63) is 0 Å². The Bertz CT molecular complexity index is 373. The fraction of sp³-hybridized carbons (Fsp3) is 0.857. The van der Waals surface area contributed by atoms with Gasteiger partial charge in [0.05, 0.1) is 11.0 Å². The largest absolute Gasteiger partial charge is 0.481 e. The van der Waals surface area contributed by atoms with Crippen LogP contribution in [0.2, 0.25) is 0 Å². The summed E-state index contributed by atoms with van der Waals surface area (Å²) in [4.78, 5) is 23.3. The first-order valence-electron chi connectivity index (χ1n) is 7.31. The molecule has 20 heavy (non-hydrogen) atoms. The van der Waals surface area contributed by atoms with Gasteiger partial charge >= 0.3 is 5.97 Å². The van der Waals surface area contributed by atoms with E-state index in [1.807, 2.05) is 6.92 Å². The van der Waals surface area contributed by atoms with Crippen LogP contribution in [0.5, 0.6) is 0 Å². The van der Waals surface area contributed by atoms with Gasteiger partial charge in [0.25, 0.3) is 0 Å². The molecule has 6 heteroatoms. The molecule has 0 unspecified atom stereocenters. The summed E-state index contributed by atoms with van der Waals surface area (Å²) in [6, 6.07) is 0. The molecule has 114 valence electrons. The summed E-state index contributed by atoms with van der Waals surface area (Å²) in [5.41, 5.74) is -1.04. The minimum atomic E-state index is -0.798. The molecule has 0 radical (unpaired) electrons. The SMILES string of the molecule is CC1(OCC(=O)NCC2(C(=O)O)CCCCC2)CNC1. The van der Waals surface area contributed by atoms with Crippen molar-refractivity contribution in [2.24, 2.45) is 5.41 Å². The summed E-state index contributed by atoms with van der Waals surface area (Å²) in [7, 11) is 0. The highest BCUT2D eigenvalue weighted by Gasteiger charge is 2.40. The lowest BCUT2D eigenvalue weighted by molar-refractivity contribution is -0.151. The molecule has 2 aliphatic rings. The van der Waals surface area contributed by atoms with Gasteiger partial charge < -0.3 is 20.5 Å². The maximum absolute atomic E-state index is 11.8. The number of carboxylic acid groups (broad SMARTS) is 1. The summed E-state index contributed by atoms with van der Waals surface area (Å²) < 4.78 is 5.54. The second kappa shape index (κ2) is 6.10. The number of aliphatic carboxylic acids is 1. The van der Waals surface area contributed by atoms with Crippen LogP contribution in [0.4, 0.5) is 0 Å². The Hall–Kier alpha value is -1.14. The van der Waals surface area contributed by atoms with Gasteiger partial charge in [0.2, 0.25) is 5.91 Å². The van der Waals surface area contributed by atoms with Gasteiger partial charge in [-0.25, -0.2) is 0 Å². The number of carbonyl (C=O) groups excluding carboxylic acids is 1. The smallest absolute Gasteiger partial charge is 0.311 e. The molecule has 0 bridgehead atoms. The first-order valence-corrected chi connectivity index (χ1v) is 7.31. The standard InChI is InChI=1S/C14H24N2O4/c1-13(8-15-9-13)20-7-11(17)16-10-14(12(18)19)5-3-2-4-6-14/h15H,2-10H2,1H3,(H,16,17)(H,18,19). The summed E-state index contributed by atoms with van der Waals surface area (Å²) in [5, 5.41) is 15.2. The number of carbonyl (C=O) groups is 2. The molecule has 1 aliphatic heterocycles. The highest BCUT2D eigenvalue weighted by Crippen LogP contribution is 2.35. The molecule has 2 rings (SSSR count). The van der Waals surface area contributed by atoms with Crippen LogP contribution in [-0.4, -0.2) is 48.8 Å². The minimum absolute atomic E-state index is 0.00607. The van der Waals surface area contributed by atoms with Crippen molar-refractivity contribution < 1.29 is 19.4 Å². The highest BCUT2D eigenvalue weighted by molar-refractivity contribution is 5.79. The molecule has 3 N–H and O–H groups in total. The molecule has 1 amide bonds. The second-order valence-corrected chi connectivity index (χ2v) is 6.27. The average molecular weight is 284 g/mol. The lowest BCUT2D eigenvalue weighted by Crippen LogP contribution is -2.59. The minimum Gasteiger partial charge on any atom is -0.481 e. The zero-order valence-corrected chi connectivity index (χ0v) is 12.0. The lowest BCUT2D eigenvalue weighted by Gasteiger charge is -2.39. The van der Waals surface area contributed by atoms with Gasteiger partial charge in [-0.2, -0.15) is 0 Å². The maximum atomic E-state index is 11.8. The molecular weight excluding hydrogens is 260 g/mol. The molecule has 0 aromatic carbocycles. The van der Waals surface area contributed by atoms with Gasteiger partial charge in [0.1, 0.15) is 6.61 Å². The summed E-state index contributed by atoms with van der Waals surface area (Å²) in [5.74, 6) is -1.03. The van der Waals surface area contributed by atoms with E-state index in [1.165, 1.54) is 0 Å². The number of ether oxygens (including phenoxy) is 1. The Kier molecular flexibility index (Phi) is 4.65. The molecule has 6 nitrogen and oxygen atoms in total. The van der Waals surface area contributed by atoms with Crippen molar-refractivity contribution in [3.8, 4) is 0 Å². The van der Waals surface area contributed by atoms with Crippen molar-refractivity contribution in [1.82, 2.24) is 10.6 Å². The van der Waals surface area contributed by atoms with Gasteiger partial charge in [-0.05, 0) is 19.8 Å². The first-order chi connectivity index (χ1) is 9.46. The number of hydrogen-bond donors (Lipinski definition) is 3. The van der Waals surface area contributed by atoms with Crippen molar-refractivity contribution in [3.63, 3.8) is 0 Å². The maximum Gasteiger partial charge on any atom is 0.311 e. The van der Waals surface area contributed by atoms with Crippen molar-refractivity contribution >= 4 is 11.9 Å². The van der Waals surface area contributed by atoms with Crippen LogP contribution in [-0.2, 0) is 14.3 Å². The van der Waals surface area contributed by atoms with Crippen molar-refractivity contribution in [2.75, 3.05) is 26.2 Å². The van der Waals surface area contributed by atoms with Crippen LogP contribution in [0.1, 0.15) is 39.0 Å². The van der Waals surface area contributed by atoms with E-state index < -0.39 is 11.4 Å². The number of hydrogen-bond acceptors (Lipinski definition) is 4. The quantitative estimate of drug-likeness (QED) is 0.662.